The molecule has 2 heterocycles. The summed E-state index contributed by atoms with van der Waals surface area (Å²) in [7, 11) is -17.2. The Hall–Kier alpha value is -1.52. The molecule has 0 aliphatic carbocycles. The Balaban J connectivity index is 2.22. The van der Waals surface area contributed by atoms with Crippen LogP contribution in [0.25, 0.3) is 10.4 Å². The summed E-state index contributed by atoms with van der Waals surface area (Å²) in [5, 5.41) is 23.5. The van der Waals surface area contributed by atoms with Crippen LogP contribution in [0.3, 0.4) is 0 Å². The zero-order chi connectivity index (χ0) is 24.5. The number of allylic oxidation sites excluding steroid dienone is 1. The van der Waals surface area contributed by atoms with Gasteiger partial charge in [-0.25, -0.2) is 13.7 Å². The highest BCUT2D eigenvalue weighted by Gasteiger charge is 2.58. The van der Waals surface area contributed by atoms with Crippen LogP contribution < -0.4 is 0 Å². The molecule has 2 unspecified atom stereocenters. The Morgan fingerprint density at radius 2 is 1.81 bits per heavy atom. The minimum Gasteiger partial charge on any atom is -0.387 e. The minimum atomic E-state index is -5.86. The first kappa shape index (κ1) is 26.7. The lowest BCUT2D eigenvalue weighted by Crippen LogP contribution is -2.46. The SMILES string of the molecule is [N-]=[N+]=N[C@]1(COP(=O)(O)OP(=O)(O)OP(=O)(O)O)O[C@@H](N2C=CC(=O)CC2=O)[C@H](O)[C@@H]1O. The molecule has 19 nitrogen and oxygen atoms in total. The summed E-state index contributed by atoms with van der Waals surface area (Å²) in [5.74, 6) is -1.45. The fraction of sp³-hybridized carbons (Fsp3) is 0.600. The van der Waals surface area contributed by atoms with Crippen LogP contribution in [0.4, 0.5) is 0 Å². The standard InChI is InChI=1S/C10H15N4O15P3/c11-13-12-10(4-26-31(22,23)29-32(24,25)28-30(19,20)21)8(18)7(17)9(27-10)14-2-1-5(15)3-6(14)16/h1-2,7-9,17-18H,3-4H2,(H,22,23)(H,24,25)(H2,19,20,21)/t7-,8+,9-,10-/m1/s1. The molecule has 2 aliphatic heterocycles. The molecule has 1 amide bonds. The van der Waals surface area contributed by atoms with Crippen LogP contribution >= 0.6 is 23.5 Å². The van der Waals surface area contributed by atoms with E-state index >= 15 is 0 Å². The van der Waals surface area contributed by atoms with E-state index in [4.69, 9.17) is 24.9 Å². The van der Waals surface area contributed by atoms with E-state index in [9.17, 15) is 38.4 Å². The van der Waals surface area contributed by atoms with Gasteiger partial charge in [0.2, 0.25) is 11.6 Å². The van der Waals surface area contributed by atoms with Gasteiger partial charge >= 0.3 is 23.5 Å². The first-order valence-electron chi connectivity index (χ1n) is 7.92. The largest absolute Gasteiger partial charge is 0.490 e. The Kier molecular flexibility index (Phi) is 7.84. The van der Waals surface area contributed by atoms with Gasteiger partial charge in [0.05, 0.1) is 13.0 Å². The molecular formula is C10H15N4O15P3. The number of hydrogen-bond acceptors (Lipinski definition) is 12. The second-order valence-corrected chi connectivity index (χ2v) is 10.5. The van der Waals surface area contributed by atoms with Crippen LogP contribution in [0.15, 0.2) is 17.4 Å². The Bertz CT molecular complexity index is 1010. The van der Waals surface area contributed by atoms with Crippen molar-refractivity contribution < 1.29 is 71.0 Å². The molecule has 1 saturated heterocycles. The van der Waals surface area contributed by atoms with Crippen molar-refractivity contribution in [2.75, 3.05) is 6.61 Å². The van der Waals surface area contributed by atoms with Gasteiger partial charge in [0.15, 0.2) is 12.0 Å². The normalized spacial score (nSPS) is 32.3. The smallest absolute Gasteiger partial charge is 0.387 e. The number of nitrogens with zero attached hydrogens (tertiary/aromatic N) is 4. The van der Waals surface area contributed by atoms with E-state index < -0.39 is 72.3 Å². The lowest BCUT2D eigenvalue weighted by atomic mass is 10.1. The molecule has 0 aromatic heterocycles. The minimum absolute atomic E-state index is 0.576. The molecule has 0 aromatic carbocycles. The van der Waals surface area contributed by atoms with Crippen molar-refractivity contribution in [3.8, 4) is 0 Å². The summed E-state index contributed by atoms with van der Waals surface area (Å²) in [6.07, 6.45) is -4.75. The van der Waals surface area contributed by atoms with Gasteiger partial charge in [0.1, 0.15) is 12.2 Å². The maximum Gasteiger partial charge on any atom is 0.490 e. The van der Waals surface area contributed by atoms with E-state index in [1.165, 1.54) is 0 Å². The molecule has 22 heteroatoms. The van der Waals surface area contributed by atoms with Crippen LogP contribution in [-0.2, 0) is 41.2 Å². The van der Waals surface area contributed by atoms with Gasteiger partial charge in [0.25, 0.3) is 0 Å². The fourth-order valence-electron chi connectivity index (χ4n) is 2.55. The summed E-state index contributed by atoms with van der Waals surface area (Å²) >= 11 is 0. The number of hydrogen-bond donors (Lipinski definition) is 6. The molecule has 1 fully saturated rings. The van der Waals surface area contributed by atoms with Crippen LogP contribution in [0.2, 0.25) is 0 Å². The third-order valence-corrected chi connectivity index (χ3v) is 7.56. The molecule has 0 bridgehead atoms. The lowest BCUT2D eigenvalue weighted by Gasteiger charge is -2.30. The summed E-state index contributed by atoms with van der Waals surface area (Å²) in [6, 6.07) is 0. The molecule has 0 radical (unpaired) electrons. The number of carbonyl (C=O) groups is 2. The van der Waals surface area contributed by atoms with Crippen LogP contribution in [-0.4, -0.2) is 77.1 Å². The number of aliphatic hydroxyl groups excluding tert-OH is 2. The maximum atomic E-state index is 12.0. The maximum absolute atomic E-state index is 12.0. The van der Waals surface area contributed by atoms with Gasteiger partial charge in [-0.2, -0.15) is 8.62 Å². The highest BCUT2D eigenvalue weighted by molar-refractivity contribution is 7.66. The molecule has 6 N–H and O–H groups in total. The van der Waals surface area contributed by atoms with Crippen LogP contribution in [0, 0.1) is 0 Å². The third kappa shape index (κ3) is 6.51. The monoisotopic (exact) mass is 524 g/mol. The lowest BCUT2D eigenvalue weighted by molar-refractivity contribution is -0.159. The second-order valence-electron chi connectivity index (χ2n) is 6.10. The molecule has 32 heavy (non-hydrogen) atoms. The molecule has 2 rings (SSSR count). The highest BCUT2D eigenvalue weighted by Crippen LogP contribution is 2.66. The number of ketones is 1. The molecule has 6 atom stereocenters. The summed E-state index contributed by atoms with van der Waals surface area (Å²) in [6.45, 7) is -1.44. The Morgan fingerprint density at radius 3 is 2.34 bits per heavy atom. The summed E-state index contributed by atoms with van der Waals surface area (Å²) < 4.78 is 50.4. The van der Waals surface area contributed by atoms with Crippen LogP contribution in [0.1, 0.15) is 6.42 Å². The third-order valence-electron chi connectivity index (χ3n) is 3.78. The van der Waals surface area contributed by atoms with E-state index in [1.54, 1.807) is 0 Å². The zero-order valence-electron chi connectivity index (χ0n) is 15.3. The number of rotatable bonds is 9. The van der Waals surface area contributed by atoms with Gasteiger partial charge in [-0.1, -0.05) is 5.11 Å². The number of azide groups is 1. The van der Waals surface area contributed by atoms with Gasteiger partial charge in [-0.05, 0) is 11.6 Å². The van der Waals surface area contributed by atoms with E-state index in [0.717, 1.165) is 12.3 Å². The molecule has 180 valence electrons. The number of aliphatic hydroxyl groups is 2. The predicted molar refractivity (Wildman–Crippen MR) is 94.2 cm³/mol. The van der Waals surface area contributed by atoms with Gasteiger partial charge in [-0.3, -0.25) is 19.0 Å². The molecular weight excluding hydrogens is 509 g/mol. The summed E-state index contributed by atoms with van der Waals surface area (Å²) in [5.41, 5.74) is 6.05. The van der Waals surface area contributed by atoms with Crippen molar-refractivity contribution in [3.63, 3.8) is 0 Å². The molecule has 0 aromatic rings. The van der Waals surface area contributed by atoms with E-state index in [-0.39, 0.29) is 0 Å². The van der Waals surface area contributed by atoms with Crippen molar-refractivity contribution in [2.24, 2.45) is 5.11 Å². The number of carbonyl (C=O) groups excluding carboxylic acids is 2. The van der Waals surface area contributed by atoms with E-state index in [1.807, 2.05) is 0 Å². The van der Waals surface area contributed by atoms with Crippen molar-refractivity contribution in [1.29, 1.82) is 0 Å². The summed E-state index contributed by atoms with van der Waals surface area (Å²) in [4.78, 5) is 61.9. The molecule has 0 saturated carbocycles. The van der Waals surface area contributed by atoms with Crippen molar-refractivity contribution in [3.05, 3.63) is 22.7 Å². The number of phosphoric acid groups is 3. The van der Waals surface area contributed by atoms with Crippen LogP contribution in [0.5, 0.6) is 0 Å². The Labute approximate surface area is 176 Å². The van der Waals surface area contributed by atoms with Gasteiger partial charge in [-0.15, -0.1) is 0 Å². The quantitative estimate of drug-likeness (QED) is 0.0673. The molecule has 0 spiro atoms. The first-order chi connectivity index (χ1) is 14.5. The number of phosphoric ester groups is 1. The first-order valence-corrected chi connectivity index (χ1v) is 12.4. The second kappa shape index (κ2) is 9.38. The average Bonchev–Trinajstić information content (AvgIpc) is 2.83. The topological polar surface area (TPSA) is 296 Å². The van der Waals surface area contributed by atoms with E-state index in [0.29, 0.717) is 4.90 Å². The van der Waals surface area contributed by atoms with Crippen molar-refractivity contribution in [1.82, 2.24) is 4.90 Å². The molecule has 2 aliphatic rings. The predicted octanol–water partition coefficient (Wildman–Crippen LogP) is -1.27. The zero-order valence-corrected chi connectivity index (χ0v) is 18.0. The van der Waals surface area contributed by atoms with Crippen molar-refractivity contribution >= 4 is 35.2 Å². The average molecular weight is 524 g/mol. The van der Waals surface area contributed by atoms with Crippen molar-refractivity contribution in [2.45, 2.75) is 30.6 Å². The Morgan fingerprint density at radius 1 is 1.19 bits per heavy atom. The van der Waals surface area contributed by atoms with Gasteiger partial charge < -0.3 is 34.5 Å². The number of amides is 1. The van der Waals surface area contributed by atoms with Gasteiger partial charge in [0, 0.05) is 11.1 Å². The highest BCUT2D eigenvalue weighted by atomic mass is 31.3. The van der Waals surface area contributed by atoms with E-state index in [2.05, 4.69) is 23.2 Å². The fourth-order valence-corrected chi connectivity index (χ4v) is 5.59. The number of ether oxygens (including phenoxy) is 1.